The smallest absolute Gasteiger partial charge is 0.243 e. The molecule has 158 valence electrons. The summed E-state index contributed by atoms with van der Waals surface area (Å²) in [5.41, 5.74) is 1.36. The number of piperazine rings is 1. The molecule has 2 atom stereocenters. The summed E-state index contributed by atoms with van der Waals surface area (Å²) in [7, 11) is -1.62. The summed E-state index contributed by atoms with van der Waals surface area (Å²) in [4.78, 5) is 29.2. The van der Waals surface area contributed by atoms with Crippen molar-refractivity contribution in [2.75, 3.05) is 33.2 Å². The fourth-order valence-corrected chi connectivity index (χ4v) is 6.46. The molecule has 1 aliphatic carbocycles. The van der Waals surface area contributed by atoms with Crippen LogP contribution in [0.5, 0.6) is 0 Å². The molecule has 0 unspecified atom stereocenters. The third kappa shape index (κ3) is 3.73. The molecule has 0 radical (unpaired) electrons. The van der Waals surface area contributed by atoms with E-state index < -0.39 is 10.0 Å². The molecule has 1 saturated carbocycles. The largest absolute Gasteiger partial charge is 0.304 e. The van der Waals surface area contributed by atoms with E-state index in [4.69, 9.17) is 0 Å². The van der Waals surface area contributed by atoms with Crippen LogP contribution in [0.25, 0.3) is 0 Å². The topological polar surface area (TPSA) is 78.0 Å². The Balaban J connectivity index is 1.57. The van der Waals surface area contributed by atoms with Crippen LogP contribution >= 0.6 is 0 Å². The molecule has 7 nitrogen and oxygen atoms in total. The standard InChI is InChI=1S/C21H29N3O4S/c1-15-7-8-16(13-19(15)29(27,28)23-11-9-22(2)10-12-23)14-24-20(25)17-5-3-4-6-18(17)21(24)26/h7-8,13,17-18H,3-6,9-12,14H2,1-2H3/t17-,18+. The molecule has 2 aliphatic heterocycles. The molecular formula is C21H29N3O4S. The minimum atomic E-state index is -3.60. The van der Waals surface area contributed by atoms with Gasteiger partial charge in [0.15, 0.2) is 0 Å². The maximum atomic E-state index is 13.2. The van der Waals surface area contributed by atoms with E-state index in [0.717, 1.165) is 25.7 Å². The lowest BCUT2D eigenvalue weighted by atomic mass is 9.81. The van der Waals surface area contributed by atoms with Gasteiger partial charge in [-0.05, 0) is 44.0 Å². The van der Waals surface area contributed by atoms with E-state index in [1.54, 1.807) is 19.1 Å². The molecule has 0 spiro atoms. The zero-order chi connectivity index (χ0) is 20.8. The van der Waals surface area contributed by atoms with Crippen LogP contribution in [0.2, 0.25) is 0 Å². The molecule has 2 saturated heterocycles. The average molecular weight is 420 g/mol. The summed E-state index contributed by atoms with van der Waals surface area (Å²) in [5, 5.41) is 0. The van der Waals surface area contributed by atoms with Gasteiger partial charge in [0, 0.05) is 26.2 Å². The fraction of sp³-hybridized carbons (Fsp3) is 0.619. The SMILES string of the molecule is Cc1ccc(CN2C(=O)[C@H]3CCCC[C@H]3C2=O)cc1S(=O)(=O)N1CCN(C)CC1. The quantitative estimate of drug-likeness (QED) is 0.693. The number of hydrogen-bond donors (Lipinski definition) is 0. The summed E-state index contributed by atoms with van der Waals surface area (Å²) in [5.74, 6) is -0.557. The van der Waals surface area contributed by atoms with E-state index in [1.807, 2.05) is 13.1 Å². The van der Waals surface area contributed by atoms with Crippen molar-refractivity contribution in [2.24, 2.45) is 11.8 Å². The van der Waals surface area contributed by atoms with Gasteiger partial charge >= 0.3 is 0 Å². The van der Waals surface area contributed by atoms with Crippen molar-refractivity contribution in [3.05, 3.63) is 29.3 Å². The molecule has 1 aromatic carbocycles. The predicted octanol–water partition coefficient (Wildman–Crippen LogP) is 1.61. The molecule has 2 heterocycles. The van der Waals surface area contributed by atoms with Gasteiger partial charge in [-0.1, -0.05) is 25.0 Å². The lowest BCUT2D eigenvalue weighted by Gasteiger charge is -2.32. The molecule has 0 bridgehead atoms. The molecule has 3 aliphatic rings. The van der Waals surface area contributed by atoms with Crippen molar-refractivity contribution in [3.8, 4) is 0 Å². The molecule has 0 N–H and O–H groups in total. The van der Waals surface area contributed by atoms with Crippen LogP contribution in [0, 0.1) is 18.8 Å². The van der Waals surface area contributed by atoms with Crippen molar-refractivity contribution >= 4 is 21.8 Å². The highest BCUT2D eigenvalue weighted by molar-refractivity contribution is 7.89. The van der Waals surface area contributed by atoms with Crippen LogP contribution < -0.4 is 0 Å². The zero-order valence-electron chi connectivity index (χ0n) is 17.1. The van der Waals surface area contributed by atoms with Crippen LogP contribution in [0.15, 0.2) is 23.1 Å². The molecule has 29 heavy (non-hydrogen) atoms. The molecule has 4 rings (SSSR count). The van der Waals surface area contributed by atoms with Crippen molar-refractivity contribution in [3.63, 3.8) is 0 Å². The number of imide groups is 1. The number of nitrogens with zero attached hydrogens (tertiary/aromatic N) is 3. The molecule has 2 amide bonds. The number of sulfonamides is 1. The zero-order valence-corrected chi connectivity index (χ0v) is 18.0. The van der Waals surface area contributed by atoms with Gasteiger partial charge in [-0.3, -0.25) is 14.5 Å². The number of hydrogen-bond acceptors (Lipinski definition) is 5. The third-order valence-corrected chi connectivity index (χ3v) is 8.65. The van der Waals surface area contributed by atoms with Crippen LogP contribution in [0.3, 0.4) is 0 Å². The second kappa shape index (κ2) is 7.81. The summed E-state index contributed by atoms with van der Waals surface area (Å²) < 4.78 is 27.9. The van der Waals surface area contributed by atoms with Crippen molar-refractivity contribution in [1.82, 2.24) is 14.1 Å². The molecule has 8 heteroatoms. The Bertz CT molecular complexity index is 898. The maximum Gasteiger partial charge on any atom is 0.243 e. The minimum Gasteiger partial charge on any atom is -0.304 e. The van der Waals surface area contributed by atoms with Crippen molar-refractivity contribution in [2.45, 2.75) is 44.0 Å². The number of amides is 2. The summed E-state index contributed by atoms with van der Waals surface area (Å²) in [6.07, 6.45) is 3.54. The van der Waals surface area contributed by atoms with Crippen LogP contribution in [0.1, 0.15) is 36.8 Å². The Kier molecular flexibility index (Phi) is 5.52. The first kappa shape index (κ1) is 20.5. The Morgan fingerprint density at radius 2 is 1.55 bits per heavy atom. The van der Waals surface area contributed by atoms with Crippen LogP contribution in [0.4, 0.5) is 0 Å². The lowest BCUT2D eigenvalue weighted by Crippen LogP contribution is -2.47. The molecule has 1 aromatic rings. The Hall–Kier alpha value is -1.77. The van der Waals surface area contributed by atoms with Crippen LogP contribution in [-0.2, 0) is 26.2 Å². The van der Waals surface area contributed by atoms with Gasteiger partial charge in [-0.25, -0.2) is 8.42 Å². The van der Waals surface area contributed by atoms with Crippen LogP contribution in [-0.4, -0.2) is 67.6 Å². The van der Waals surface area contributed by atoms with Gasteiger partial charge in [-0.15, -0.1) is 0 Å². The lowest BCUT2D eigenvalue weighted by molar-refractivity contribution is -0.140. The first-order chi connectivity index (χ1) is 13.8. The Morgan fingerprint density at radius 1 is 0.966 bits per heavy atom. The second-order valence-corrected chi connectivity index (χ2v) is 10.5. The van der Waals surface area contributed by atoms with Gasteiger partial charge in [0.1, 0.15) is 0 Å². The van der Waals surface area contributed by atoms with Crippen molar-refractivity contribution < 1.29 is 18.0 Å². The van der Waals surface area contributed by atoms with E-state index in [2.05, 4.69) is 4.90 Å². The highest BCUT2D eigenvalue weighted by atomic mass is 32.2. The fourth-order valence-electron chi connectivity index (χ4n) is 4.76. The molecule has 0 aromatic heterocycles. The number of fused-ring (bicyclic) bond motifs is 1. The van der Waals surface area contributed by atoms with Gasteiger partial charge in [0.05, 0.1) is 23.3 Å². The summed E-state index contributed by atoms with van der Waals surface area (Å²) in [6, 6.07) is 5.24. The number of benzene rings is 1. The highest BCUT2D eigenvalue weighted by Crippen LogP contribution is 2.38. The van der Waals surface area contributed by atoms with Gasteiger partial charge in [-0.2, -0.15) is 4.31 Å². The van der Waals surface area contributed by atoms with E-state index in [0.29, 0.717) is 37.3 Å². The van der Waals surface area contributed by atoms with Gasteiger partial charge in [0.25, 0.3) is 0 Å². The maximum absolute atomic E-state index is 13.2. The number of aryl methyl sites for hydroxylation is 1. The average Bonchev–Trinajstić information content (AvgIpc) is 2.95. The van der Waals surface area contributed by atoms with E-state index in [-0.39, 0.29) is 35.1 Å². The highest BCUT2D eigenvalue weighted by Gasteiger charge is 2.48. The monoisotopic (exact) mass is 419 g/mol. The predicted molar refractivity (Wildman–Crippen MR) is 108 cm³/mol. The number of likely N-dealkylation sites (tertiary alicyclic amines) is 1. The third-order valence-electron chi connectivity index (χ3n) is 6.61. The molecular weight excluding hydrogens is 390 g/mol. The molecule has 3 fully saturated rings. The Morgan fingerprint density at radius 3 is 2.14 bits per heavy atom. The Labute approximate surface area is 172 Å². The van der Waals surface area contributed by atoms with Gasteiger partial charge in [0.2, 0.25) is 21.8 Å². The number of rotatable bonds is 4. The first-order valence-corrected chi connectivity index (χ1v) is 11.9. The van der Waals surface area contributed by atoms with E-state index >= 15 is 0 Å². The van der Waals surface area contributed by atoms with Crippen molar-refractivity contribution in [1.29, 1.82) is 0 Å². The van der Waals surface area contributed by atoms with E-state index in [9.17, 15) is 18.0 Å². The number of carbonyl (C=O) groups excluding carboxylic acids is 2. The second-order valence-electron chi connectivity index (χ2n) is 8.57. The first-order valence-electron chi connectivity index (χ1n) is 10.4. The van der Waals surface area contributed by atoms with E-state index in [1.165, 1.54) is 9.21 Å². The number of likely N-dealkylation sites (N-methyl/N-ethyl adjacent to an activating group) is 1. The summed E-state index contributed by atoms with van der Waals surface area (Å²) in [6.45, 7) is 4.28. The number of carbonyl (C=O) groups is 2. The minimum absolute atomic E-state index is 0.0938. The normalized spacial score (nSPS) is 26.8. The summed E-state index contributed by atoms with van der Waals surface area (Å²) >= 11 is 0. The van der Waals surface area contributed by atoms with Gasteiger partial charge < -0.3 is 4.90 Å².